The molecule has 108 valence electrons. The summed E-state index contributed by atoms with van der Waals surface area (Å²) in [5, 5.41) is 11.3. The monoisotopic (exact) mass is 366 g/mol. The van der Waals surface area contributed by atoms with E-state index in [1.165, 1.54) is 12.3 Å². The molecule has 0 radical (unpaired) electrons. The Morgan fingerprint density at radius 2 is 1.95 bits per heavy atom. The van der Waals surface area contributed by atoms with E-state index in [2.05, 4.69) is 20.9 Å². The van der Waals surface area contributed by atoms with Crippen LogP contribution in [0.4, 0.5) is 0 Å². The molecule has 21 heavy (non-hydrogen) atoms. The summed E-state index contributed by atoms with van der Waals surface area (Å²) in [5.74, 6) is 0. The van der Waals surface area contributed by atoms with Gasteiger partial charge in [-0.15, -0.1) is 0 Å². The molecule has 3 rings (SSSR count). The Labute approximate surface area is 129 Å². The van der Waals surface area contributed by atoms with Gasteiger partial charge in [0.15, 0.2) is 0 Å². The second kappa shape index (κ2) is 5.25. The smallest absolute Gasteiger partial charge is 0.208 e. The Bertz CT molecular complexity index is 925. The van der Waals surface area contributed by atoms with Gasteiger partial charge in [-0.05, 0) is 24.3 Å². The number of rotatable bonds is 2. The SMILES string of the molecule is O=S(=O)(c1cccc(Br)c1)c1cccc2c1=NCN(O)C=2. The molecule has 0 fully saturated rings. The molecule has 0 saturated carbocycles. The first kappa shape index (κ1) is 14.2. The highest BCUT2D eigenvalue weighted by Crippen LogP contribution is 2.21. The van der Waals surface area contributed by atoms with Gasteiger partial charge in [0.05, 0.1) is 15.1 Å². The van der Waals surface area contributed by atoms with Crippen LogP contribution < -0.4 is 10.6 Å². The van der Waals surface area contributed by atoms with E-state index < -0.39 is 9.84 Å². The molecule has 0 amide bonds. The molecule has 0 aromatic heterocycles. The molecule has 0 saturated heterocycles. The van der Waals surface area contributed by atoms with Crippen LogP contribution in [0.5, 0.6) is 0 Å². The van der Waals surface area contributed by atoms with Crippen molar-refractivity contribution in [3.05, 3.63) is 57.5 Å². The molecule has 0 spiro atoms. The van der Waals surface area contributed by atoms with Gasteiger partial charge >= 0.3 is 0 Å². The zero-order valence-electron chi connectivity index (χ0n) is 10.8. The van der Waals surface area contributed by atoms with Crippen LogP contribution in [-0.2, 0) is 9.84 Å². The molecule has 0 aliphatic carbocycles. The Kier molecular flexibility index (Phi) is 3.56. The molecule has 0 bridgehead atoms. The predicted octanol–water partition coefficient (Wildman–Crippen LogP) is 1.30. The second-order valence-electron chi connectivity index (χ2n) is 4.52. The van der Waals surface area contributed by atoms with Crippen LogP contribution in [-0.4, -0.2) is 25.4 Å². The first-order valence-corrected chi connectivity index (χ1v) is 8.38. The number of para-hydroxylation sites is 1. The first-order valence-electron chi connectivity index (χ1n) is 6.10. The predicted molar refractivity (Wildman–Crippen MR) is 79.8 cm³/mol. The highest BCUT2D eigenvalue weighted by molar-refractivity contribution is 9.10. The maximum absolute atomic E-state index is 12.8. The fraction of sp³-hybridized carbons (Fsp3) is 0.0714. The summed E-state index contributed by atoms with van der Waals surface area (Å²) < 4.78 is 26.2. The number of sulfone groups is 1. The number of hydrogen-bond acceptors (Lipinski definition) is 5. The third kappa shape index (κ3) is 2.59. The minimum absolute atomic E-state index is 0.0119. The number of benzene rings is 2. The van der Waals surface area contributed by atoms with Crippen molar-refractivity contribution in [2.75, 3.05) is 6.67 Å². The fourth-order valence-electron chi connectivity index (χ4n) is 2.14. The Hall–Kier alpha value is -1.70. The van der Waals surface area contributed by atoms with Crippen LogP contribution in [0.3, 0.4) is 0 Å². The summed E-state index contributed by atoms with van der Waals surface area (Å²) in [6.07, 6.45) is 1.46. The highest BCUT2D eigenvalue weighted by atomic mass is 79.9. The van der Waals surface area contributed by atoms with Gasteiger partial charge in [0.2, 0.25) is 9.84 Å². The lowest BCUT2D eigenvalue weighted by molar-refractivity contribution is -0.0200. The Balaban J connectivity index is 2.28. The second-order valence-corrected chi connectivity index (χ2v) is 7.36. The molecule has 0 atom stereocenters. The maximum atomic E-state index is 12.8. The number of halogens is 1. The van der Waals surface area contributed by atoms with Crippen LogP contribution in [0.25, 0.3) is 6.20 Å². The normalized spacial score (nSPS) is 14.1. The lowest BCUT2D eigenvalue weighted by atomic mass is 10.3. The largest absolute Gasteiger partial charge is 0.287 e. The van der Waals surface area contributed by atoms with Crippen molar-refractivity contribution in [2.45, 2.75) is 9.79 Å². The molecule has 2 aromatic rings. The van der Waals surface area contributed by atoms with E-state index in [0.717, 1.165) is 5.06 Å². The van der Waals surface area contributed by atoms with E-state index in [0.29, 0.717) is 15.0 Å². The van der Waals surface area contributed by atoms with Crippen molar-refractivity contribution < 1.29 is 13.6 Å². The van der Waals surface area contributed by atoms with Gasteiger partial charge in [-0.3, -0.25) is 10.2 Å². The zero-order valence-corrected chi connectivity index (χ0v) is 13.2. The van der Waals surface area contributed by atoms with Gasteiger partial charge in [-0.25, -0.2) is 13.5 Å². The molecule has 0 unspecified atom stereocenters. The van der Waals surface area contributed by atoms with Gasteiger partial charge in [-0.2, -0.15) is 0 Å². The molecule has 5 nitrogen and oxygen atoms in total. The van der Waals surface area contributed by atoms with Gasteiger partial charge in [-0.1, -0.05) is 34.1 Å². The van der Waals surface area contributed by atoms with E-state index in [1.54, 1.807) is 36.4 Å². The minimum atomic E-state index is -3.66. The topological polar surface area (TPSA) is 70.0 Å². The number of fused-ring (bicyclic) bond motifs is 1. The van der Waals surface area contributed by atoms with E-state index >= 15 is 0 Å². The van der Waals surface area contributed by atoms with Crippen LogP contribution in [0, 0.1) is 0 Å². The molecule has 2 aromatic carbocycles. The van der Waals surface area contributed by atoms with Crippen LogP contribution in [0.15, 0.2) is 61.7 Å². The molecule has 1 heterocycles. The summed E-state index contributed by atoms with van der Waals surface area (Å²) in [6, 6.07) is 11.4. The summed E-state index contributed by atoms with van der Waals surface area (Å²) in [6.45, 7) is 0.0119. The molecule has 7 heteroatoms. The molecule has 1 aliphatic rings. The lowest BCUT2D eigenvalue weighted by Crippen LogP contribution is -2.37. The lowest BCUT2D eigenvalue weighted by Gasteiger charge is -2.14. The van der Waals surface area contributed by atoms with Crippen molar-refractivity contribution in [1.29, 1.82) is 0 Å². The van der Waals surface area contributed by atoms with E-state index in [9.17, 15) is 13.6 Å². The quantitative estimate of drug-likeness (QED) is 0.869. The third-order valence-electron chi connectivity index (χ3n) is 3.09. The molecular formula is C14H11BrN2O3S. The third-order valence-corrected chi connectivity index (χ3v) is 5.36. The van der Waals surface area contributed by atoms with Crippen molar-refractivity contribution >= 4 is 32.0 Å². The minimum Gasteiger partial charge on any atom is -0.287 e. The number of hydroxylamine groups is 2. The summed E-state index contributed by atoms with van der Waals surface area (Å²) in [7, 11) is -3.66. The van der Waals surface area contributed by atoms with E-state index in [-0.39, 0.29) is 16.5 Å². The van der Waals surface area contributed by atoms with Gasteiger partial charge in [0.1, 0.15) is 6.67 Å². The summed E-state index contributed by atoms with van der Waals surface area (Å²) >= 11 is 3.28. The van der Waals surface area contributed by atoms with Gasteiger partial charge < -0.3 is 0 Å². The first-order chi connectivity index (χ1) is 9.98. The fourth-order valence-corrected chi connectivity index (χ4v) is 4.17. The van der Waals surface area contributed by atoms with Crippen molar-refractivity contribution in [3.63, 3.8) is 0 Å². The summed E-state index contributed by atoms with van der Waals surface area (Å²) in [5.41, 5.74) is 0. The van der Waals surface area contributed by atoms with Gasteiger partial charge in [0.25, 0.3) is 0 Å². The summed E-state index contributed by atoms with van der Waals surface area (Å²) in [4.78, 5) is 4.48. The van der Waals surface area contributed by atoms with Gasteiger partial charge in [0, 0.05) is 15.9 Å². The van der Waals surface area contributed by atoms with Crippen LogP contribution in [0.2, 0.25) is 0 Å². The average molecular weight is 367 g/mol. The standard InChI is InChI=1S/C14H11BrN2O3S/c15-11-4-2-5-12(7-11)21(19,20)13-6-1-3-10-8-17(18)9-16-14(10)13/h1-8,18H,9H2. The maximum Gasteiger partial charge on any atom is 0.208 e. The number of nitrogens with zero attached hydrogens (tertiary/aromatic N) is 2. The van der Waals surface area contributed by atoms with E-state index in [4.69, 9.17) is 0 Å². The Morgan fingerprint density at radius 1 is 1.19 bits per heavy atom. The zero-order chi connectivity index (χ0) is 15.0. The molecule has 1 N–H and O–H groups in total. The highest BCUT2D eigenvalue weighted by Gasteiger charge is 2.21. The Morgan fingerprint density at radius 3 is 2.71 bits per heavy atom. The van der Waals surface area contributed by atoms with Crippen molar-refractivity contribution in [1.82, 2.24) is 5.06 Å². The van der Waals surface area contributed by atoms with Crippen molar-refractivity contribution in [2.24, 2.45) is 4.99 Å². The van der Waals surface area contributed by atoms with Crippen LogP contribution >= 0.6 is 15.9 Å². The molecule has 1 aliphatic heterocycles. The average Bonchev–Trinajstić information content (AvgIpc) is 2.46. The van der Waals surface area contributed by atoms with Crippen molar-refractivity contribution in [3.8, 4) is 0 Å². The van der Waals surface area contributed by atoms with Crippen LogP contribution in [0.1, 0.15) is 0 Å². The van der Waals surface area contributed by atoms with E-state index in [1.807, 2.05) is 0 Å². The number of hydrogen-bond donors (Lipinski definition) is 1. The molecular weight excluding hydrogens is 356 g/mol.